The molecule has 0 radical (unpaired) electrons. The highest BCUT2D eigenvalue weighted by molar-refractivity contribution is 5.76. The summed E-state index contributed by atoms with van der Waals surface area (Å²) in [5.74, 6) is 0.284. The lowest BCUT2D eigenvalue weighted by atomic mass is 10.2. The van der Waals surface area contributed by atoms with Gasteiger partial charge in [-0.15, -0.1) is 0 Å². The molecule has 0 aromatic rings. The lowest BCUT2D eigenvalue weighted by molar-refractivity contribution is -0.132. The summed E-state index contributed by atoms with van der Waals surface area (Å²) in [6, 6.07) is 0.437. The predicted molar refractivity (Wildman–Crippen MR) is 68.6 cm³/mol. The van der Waals surface area contributed by atoms with E-state index in [0.717, 1.165) is 26.2 Å². The molecule has 1 rings (SSSR count). The van der Waals surface area contributed by atoms with E-state index in [1.54, 1.807) is 0 Å². The number of piperazine rings is 1. The zero-order valence-electron chi connectivity index (χ0n) is 11.4. The molecule has 1 amide bonds. The van der Waals surface area contributed by atoms with Gasteiger partial charge >= 0.3 is 0 Å². The lowest BCUT2D eigenvalue weighted by Crippen LogP contribution is -2.51. The monoisotopic (exact) mass is 229 g/mol. The molecule has 4 heteroatoms. The van der Waals surface area contributed by atoms with Gasteiger partial charge in [0.15, 0.2) is 0 Å². The van der Waals surface area contributed by atoms with Crippen molar-refractivity contribution < 1.29 is 4.79 Å². The molecule has 0 saturated carbocycles. The number of amides is 1. The van der Waals surface area contributed by atoms with Crippen LogP contribution < -0.4 is 5.32 Å². The second kappa shape index (κ2) is 8.53. The lowest BCUT2D eigenvalue weighted by Gasteiger charge is -2.32. The van der Waals surface area contributed by atoms with Gasteiger partial charge in [-0.25, -0.2) is 0 Å². The third-order valence-electron chi connectivity index (χ3n) is 2.49. The maximum absolute atomic E-state index is 11.7. The predicted octanol–water partition coefficient (Wildman–Crippen LogP) is 0.785. The maximum atomic E-state index is 11.7. The molecule has 0 aromatic carbocycles. The second-order valence-electron chi connectivity index (χ2n) is 4.25. The van der Waals surface area contributed by atoms with Crippen LogP contribution in [0.25, 0.3) is 0 Å². The summed E-state index contributed by atoms with van der Waals surface area (Å²) in [7, 11) is 3.99. The van der Waals surface area contributed by atoms with Crippen molar-refractivity contribution in [2.75, 3.05) is 40.3 Å². The zero-order chi connectivity index (χ0) is 12.6. The highest BCUT2D eigenvalue weighted by Crippen LogP contribution is 2.01. The molecule has 0 spiro atoms. The van der Waals surface area contributed by atoms with Crippen molar-refractivity contribution in [1.82, 2.24) is 15.1 Å². The van der Waals surface area contributed by atoms with E-state index in [1.807, 2.05) is 37.7 Å². The number of hydrogen-bond donors (Lipinski definition) is 1. The number of hydrogen-bond acceptors (Lipinski definition) is 3. The van der Waals surface area contributed by atoms with Gasteiger partial charge in [0.25, 0.3) is 0 Å². The number of carbonyl (C=O) groups is 1. The molecule has 0 aliphatic carbocycles. The van der Waals surface area contributed by atoms with Gasteiger partial charge in [-0.1, -0.05) is 13.8 Å². The van der Waals surface area contributed by atoms with Gasteiger partial charge in [0.2, 0.25) is 5.91 Å². The zero-order valence-corrected chi connectivity index (χ0v) is 11.4. The van der Waals surface area contributed by atoms with Gasteiger partial charge in [0, 0.05) is 38.6 Å². The SMILES string of the molecule is CC.CC1CN(C(=O)CCN(C)C)CCN1. The molecule has 1 fully saturated rings. The first-order chi connectivity index (χ1) is 7.59. The van der Waals surface area contributed by atoms with Crippen molar-refractivity contribution in [3.8, 4) is 0 Å². The summed E-state index contributed by atoms with van der Waals surface area (Å²) in [6.45, 7) is 9.60. The van der Waals surface area contributed by atoms with Crippen molar-refractivity contribution in [3.05, 3.63) is 0 Å². The molecule has 1 aliphatic rings. The van der Waals surface area contributed by atoms with Gasteiger partial charge in [0.1, 0.15) is 0 Å². The quantitative estimate of drug-likeness (QED) is 0.777. The van der Waals surface area contributed by atoms with E-state index in [-0.39, 0.29) is 5.91 Å². The van der Waals surface area contributed by atoms with E-state index in [2.05, 4.69) is 12.2 Å². The van der Waals surface area contributed by atoms with E-state index >= 15 is 0 Å². The maximum Gasteiger partial charge on any atom is 0.223 e. The van der Waals surface area contributed by atoms with E-state index in [4.69, 9.17) is 0 Å². The molecule has 1 unspecified atom stereocenters. The summed E-state index contributed by atoms with van der Waals surface area (Å²) in [5.41, 5.74) is 0. The fraction of sp³-hybridized carbons (Fsp3) is 0.917. The Bertz CT molecular complexity index is 195. The summed E-state index contributed by atoms with van der Waals surface area (Å²) in [4.78, 5) is 15.7. The van der Waals surface area contributed by atoms with Gasteiger partial charge in [0.05, 0.1) is 0 Å². The minimum absolute atomic E-state index is 0.284. The fourth-order valence-corrected chi connectivity index (χ4v) is 1.64. The Hall–Kier alpha value is -0.610. The summed E-state index contributed by atoms with van der Waals surface area (Å²) < 4.78 is 0. The Morgan fingerprint density at radius 1 is 1.44 bits per heavy atom. The highest BCUT2D eigenvalue weighted by Gasteiger charge is 2.19. The average Bonchev–Trinajstić information content (AvgIpc) is 2.28. The normalized spacial score (nSPS) is 20.4. The molecule has 1 heterocycles. The molecule has 4 nitrogen and oxygen atoms in total. The molecule has 0 aromatic heterocycles. The van der Waals surface area contributed by atoms with Crippen molar-refractivity contribution in [2.45, 2.75) is 33.2 Å². The number of rotatable bonds is 3. The Morgan fingerprint density at radius 2 is 2.06 bits per heavy atom. The molecule has 0 bridgehead atoms. The Labute approximate surface area is 100.0 Å². The average molecular weight is 229 g/mol. The minimum atomic E-state index is 0.284. The molecule has 1 aliphatic heterocycles. The van der Waals surface area contributed by atoms with Crippen molar-refractivity contribution in [1.29, 1.82) is 0 Å². The number of carbonyl (C=O) groups excluding carboxylic acids is 1. The van der Waals surface area contributed by atoms with E-state index in [1.165, 1.54) is 0 Å². The van der Waals surface area contributed by atoms with Crippen LogP contribution in [0.5, 0.6) is 0 Å². The third kappa shape index (κ3) is 6.08. The fourth-order valence-electron chi connectivity index (χ4n) is 1.64. The van der Waals surface area contributed by atoms with E-state index in [9.17, 15) is 4.79 Å². The van der Waals surface area contributed by atoms with Crippen LogP contribution in [0.1, 0.15) is 27.2 Å². The smallest absolute Gasteiger partial charge is 0.223 e. The first kappa shape index (κ1) is 15.4. The van der Waals surface area contributed by atoms with Crippen LogP contribution in [0.4, 0.5) is 0 Å². The largest absolute Gasteiger partial charge is 0.340 e. The van der Waals surface area contributed by atoms with Gasteiger partial charge in [-0.2, -0.15) is 0 Å². The van der Waals surface area contributed by atoms with Crippen molar-refractivity contribution in [3.63, 3.8) is 0 Å². The van der Waals surface area contributed by atoms with Gasteiger partial charge in [-0.3, -0.25) is 4.79 Å². The topological polar surface area (TPSA) is 35.6 Å². The molecule has 1 saturated heterocycles. The van der Waals surface area contributed by atoms with Gasteiger partial charge in [-0.05, 0) is 21.0 Å². The second-order valence-corrected chi connectivity index (χ2v) is 4.25. The van der Waals surface area contributed by atoms with Crippen LogP contribution >= 0.6 is 0 Å². The van der Waals surface area contributed by atoms with Crippen LogP contribution in [0.3, 0.4) is 0 Å². The summed E-state index contributed by atoms with van der Waals surface area (Å²) in [5, 5.41) is 3.33. The standard InChI is InChI=1S/C10H21N3O.C2H6/c1-9-8-13(7-5-11-9)10(14)4-6-12(2)3;1-2/h9,11H,4-8H2,1-3H3;1-2H3. The van der Waals surface area contributed by atoms with Crippen LogP contribution in [0.2, 0.25) is 0 Å². The molecule has 1 atom stereocenters. The Morgan fingerprint density at radius 3 is 2.56 bits per heavy atom. The van der Waals surface area contributed by atoms with Crippen molar-refractivity contribution >= 4 is 5.91 Å². The number of nitrogens with one attached hydrogen (secondary N) is 1. The molecule has 16 heavy (non-hydrogen) atoms. The Balaban J connectivity index is 0.00000106. The first-order valence-electron chi connectivity index (χ1n) is 6.25. The van der Waals surface area contributed by atoms with Crippen molar-refractivity contribution in [2.24, 2.45) is 0 Å². The van der Waals surface area contributed by atoms with Crippen LogP contribution in [0, 0.1) is 0 Å². The van der Waals surface area contributed by atoms with Crippen LogP contribution in [0.15, 0.2) is 0 Å². The minimum Gasteiger partial charge on any atom is -0.340 e. The molecular weight excluding hydrogens is 202 g/mol. The van der Waals surface area contributed by atoms with E-state index < -0.39 is 0 Å². The van der Waals surface area contributed by atoms with Gasteiger partial charge < -0.3 is 15.1 Å². The Kier molecular flexibility index (Phi) is 8.21. The first-order valence-corrected chi connectivity index (χ1v) is 6.25. The number of nitrogens with zero attached hydrogens (tertiary/aromatic N) is 2. The van der Waals surface area contributed by atoms with Crippen LogP contribution in [-0.2, 0) is 4.79 Å². The molecular formula is C12H27N3O. The summed E-state index contributed by atoms with van der Waals surface area (Å²) >= 11 is 0. The van der Waals surface area contributed by atoms with E-state index in [0.29, 0.717) is 12.5 Å². The summed E-state index contributed by atoms with van der Waals surface area (Å²) in [6.07, 6.45) is 0.639. The van der Waals surface area contributed by atoms with Crippen LogP contribution in [-0.4, -0.2) is 62.0 Å². The molecule has 1 N–H and O–H groups in total. The highest BCUT2D eigenvalue weighted by atomic mass is 16.2. The molecule has 96 valence electrons. The third-order valence-corrected chi connectivity index (χ3v) is 2.49.